The van der Waals surface area contributed by atoms with Crippen LogP contribution in [0.2, 0.25) is 0 Å². The van der Waals surface area contributed by atoms with Gasteiger partial charge in [0.1, 0.15) is 11.3 Å². The van der Waals surface area contributed by atoms with Gasteiger partial charge in [-0.25, -0.2) is 4.98 Å². The second kappa shape index (κ2) is 10.9. The van der Waals surface area contributed by atoms with Crippen molar-refractivity contribution in [3.63, 3.8) is 0 Å². The van der Waals surface area contributed by atoms with Crippen molar-refractivity contribution >= 4 is 40.2 Å². The number of imidazole rings is 1. The first-order valence-corrected chi connectivity index (χ1v) is 12.8. The van der Waals surface area contributed by atoms with Crippen molar-refractivity contribution in [2.24, 2.45) is 5.73 Å². The molecular weight excluding hydrogens is 480 g/mol. The Morgan fingerprint density at radius 2 is 1.97 bits per heavy atom. The number of nitrogens with zero attached hydrogens (tertiary/aromatic N) is 3. The number of carbonyl (C=O) groups is 2. The number of fused-ring (bicyclic) bond motifs is 2. The molecule has 2 amide bonds. The Bertz CT molecular complexity index is 1480. The quantitative estimate of drug-likeness (QED) is 0.342. The molecule has 0 radical (unpaired) electrons. The van der Waals surface area contributed by atoms with Crippen molar-refractivity contribution in [1.29, 1.82) is 0 Å². The number of likely N-dealkylation sites (N-methyl/N-ethyl adjacent to an activating group) is 1. The third kappa shape index (κ3) is 4.92. The van der Waals surface area contributed by atoms with E-state index in [-0.39, 0.29) is 11.8 Å². The number of aromatic amines is 1. The smallest absolute Gasteiger partial charge is 0.259 e. The zero-order valence-corrected chi connectivity index (χ0v) is 21.7. The molecule has 196 valence electrons. The SMILES string of the molecule is COc1cc(C(=O)N2CCCCc3ccccc32)ccc1C(=O)Nc1cccc2[nH]c(N(C)CCN)nc12. The average Bonchev–Trinajstić information content (AvgIpc) is 3.27. The third-order valence-electron chi connectivity index (χ3n) is 6.87. The highest BCUT2D eigenvalue weighted by molar-refractivity contribution is 6.11. The Hall–Kier alpha value is -4.37. The Kier molecular flexibility index (Phi) is 7.28. The number of H-pyrrole nitrogens is 1. The highest BCUT2D eigenvalue weighted by Gasteiger charge is 2.24. The van der Waals surface area contributed by atoms with Crippen LogP contribution in [0.15, 0.2) is 60.7 Å². The molecule has 0 spiro atoms. The molecule has 0 unspecified atom stereocenters. The molecule has 0 saturated carbocycles. The number of ether oxygens (including phenoxy) is 1. The van der Waals surface area contributed by atoms with Gasteiger partial charge in [-0.05, 0) is 61.2 Å². The molecule has 0 saturated heterocycles. The van der Waals surface area contributed by atoms with Gasteiger partial charge in [-0.3, -0.25) is 9.59 Å². The van der Waals surface area contributed by atoms with Crippen LogP contribution in [0, 0.1) is 0 Å². The molecule has 0 fully saturated rings. The molecule has 4 N–H and O–H groups in total. The number of nitrogens with one attached hydrogen (secondary N) is 2. The van der Waals surface area contributed by atoms with Crippen molar-refractivity contribution in [1.82, 2.24) is 9.97 Å². The molecule has 38 heavy (non-hydrogen) atoms. The van der Waals surface area contributed by atoms with Crippen LogP contribution in [0.25, 0.3) is 11.0 Å². The summed E-state index contributed by atoms with van der Waals surface area (Å²) in [5.41, 5.74) is 10.6. The number of aryl methyl sites for hydroxylation is 1. The lowest BCUT2D eigenvalue weighted by Gasteiger charge is -2.23. The number of para-hydroxylation sites is 2. The van der Waals surface area contributed by atoms with Crippen LogP contribution in [-0.4, -0.2) is 55.6 Å². The predicted octanol–water partition coefficient (Wildman–Crippen LogP) is 4.20. The number of benzene rings is 3. The number of amides is 2. The maximum absolute atomic E-state index is 13.6. The van der Waals surface area contributed by atoms with Crippen molar-refractivity contribution in [2.75, 3.05) is 48.9 Å². The second-order valence-corrected chi connectivity index (χ2v) is 9.38. The van der Waals surface area contributed by atoms with E-state index < -0.39 is 0 Å². The van der Waals surface area contributed by atoms with Gasteiger partial charge in [-0.2, -0.15) is 0 Å². The van der Waals surface area contributed by atoms with E-state index in [1.165, 1.54) is 12.7 Å². The number of hydrogen-bond acceptors (Lipinski definition) is 6. The molecule has 1 aliphatic heterocycles. The van der Waals surface area contributed by atoms with Crippen LogP contribution in [-0.2, 0) is 6.42 Å². The minimum Gasteiger partial charge on any atom is -0.496 e. The minimum absolute atomic E-state index is 0.111. The fourth-order valence-electron chi connectivity index (χ4n) is 4.86. The lowest BCUT2D eigenvalue weighted by molar-refractivity contribution is 0.0982. The molecular formula is C29H32N6O3. The first kappa shape index (κ1) is 25.3. The van der Waals surface area contributed by atoms with Gasteiger partial charge in [0, 0.05) is 37.9 Å². The van der Waals surface area contributed by atoms with Crippen LogP contribution in [0.1, 0.15) is 39.1 Å². The van der Waals surface area contributed by atoms with Gasteiger partial charge in [0.05, 0.1) is 23.9 Å². The summed E-state index contributed by atoms with van der Waals surface area (Å²) in [6.07, 6.45) is 2.92. The summed E-state index contributed by atoms with van der Waals surface area (Å²) in [5.74, 6) is 0.532. The number of rotatable bonds is 7. The fourth-order valence-corrected chi connectivity index (χ4v) is 4.86. The lowest BCUT2D eigenvalue weighted by atomic mass is 10.1. The maximum Gasteiger partial charge on any atom is 0.259 e. The van der Waals surface area contributed by atoms with E-state index in [1.54, 1.807) is 24.3 Å². The summed E-state index contributed by atoms with van der Waals surface area (Å²) in [5, 5.41) is 2.95. The van der Waals surface area contributed by atoms with Gasteiger partial charge < -0.3 is 30.6 Å². The summed E-state index contributed by atoms with van der Waals surface area (Å²) in [6, 6.07) is 18.5. The zero-order valence-electron chi connectivity index (χ0n) is 21.7. The lowest BCUT2D eigenvalue weighted by Crippen LogP contribution is -2.31. The highest BCUT2D eigenvalue weighted by atomic mass is 16.5. The number of hydrogen-bond donors (Lipinski definition) is 3. The first-order chi connectivity index (χ1) is 18.5. The van der Waals surface area contributed by atoms with Crippen LogP contribution >= 0.6 is 0 Å². The summed E-state index contributed by atoms with van der Waals surface area (Å²) in [4.78, 5) is 38.5. The van der Waals surface area contributed by atoms with E-state index in [4.69, 9.17) is 10.5 Å². The molecule has 1 aromatic heterocycles. The van der Waals surface area contributed by atoms with Crippen molar-refractivity contribution in [2.45, 2.75) is 19.3 Å². The van der Waals surface area contributed by atoms with E-state index in [9.17, 15) is 9.59 Å². The Morgan fingerprint density at radius 1 is 1.13 bits per heavy atom. The summed E-state index contributed by atoms with van der Waals surface area (Å²) >= 11 is 0. The number of aromatic nitrogens is 2. The summed E-state index contributed by atoms with van der Waals surface area (Å²) in [7, 11) is 3.40. The monoisotopic (exact) mass is 512 g/mol. The third-order valence-corrected chi connectivity index (χ3v) is 6.87. The molecule has 4 aromatic rings. The molecule has 0 aliphatic carbocycles. The normalized spacial score (nSPS) is 13.1. The number of carbonyl (C=O) groups excluding carboxylic acids is 2. The second-order valence-electron chi connectivity index (χ2n) is 9.38. The summed E-state index contributed by atoms with van der Waals surface area (Å²) < 4.78 is 5.55. The Morgan fingerprint density at radius 3 is 2.79 bits per heavy atom. The molecule has 0 bridgehead atoms. The van der Waals surface area contributed by atoms with E-state index in [0.717, 1.165) is 30.5 Å². The van der Waals surface area contributed by atoms with Gasteiger partial charge in [-0.15, -0.1) is 0 Å². The van der Waals surface area contributed by atoms with Gasteiger partial charge in [0.15, 0.2) is 0 Å². The van der Waals surface area contributed by atoms with Crippen molar-refractivity contribution in [3.05, 3.63) is 77.4 Å². The zero-order chi connectivity index (χ0) is 26.6. The topological polar surface area (TPSA) is 117 Å². The van der Waals surface area contributed by atoms with Gasteiger partial charge in [-0.1, -0.05) is 24.3 Å². The molecule has 2 heterocycles. The molecule has 0 atom stereocenters. The first-order valence-electron chi connectivity index (χ1n) is 12.8. The van der Waals surface area contributed by atoms with Crippen molar-refractivity contribution in [3.8, 4) is 5.75 Å². The largest absolute Gasteiger partial charge is 0.496 e. The summed E-state index contributed by atoms with van der Waals surface area (Å²) in [6.45, 7) is 1.79. The molecule has 9 heteroatoms. The van der Waals surface area contributed by atoms with E-state index in [2.05, 4.69) is 21.4 Å². The molecule has 1 aliphatic rings. The standard InChI is InChI=1S/C29H32N6O3/c1-34(17-15-30)29-32-23-11-7-10-22(26(23)33-29)31-27(36)21-14-13-20(18-25(21)38-2)28(37)35-16-6-5-9-19-8-3-4-12-24(19)35/h3-4,7-8,10-14,18H,5-6,9,15-17,30H2,1-2H3,(H,31,36)(H,32,33). The number of nitrogens with two attached hydrogens (primary N) is 1. The van der Waals surface area contributed by atoms with Gasteiger partial charge >= 0.3 is 0 Å². The van der Waals surface area contributed by atoms with Crippen molar-refractivity contribution < 1.29 is 14.3 Å². The highest BCUT2D eigenvalue weighted by Crippen LogP contribution is 2.30. The Labute approximate surface area is 221 Å². The van der Waals surface area contributed by atoms with Crippen LogP contribution in [0.3, 0.4) is 0 Å². The van der Waals surface area contributed by atoms with E-state index >= 15 is 0 Å². The van der Waals surface area contributed by atoms with Crippen LogP contribution < -0.4 is 25.6 Å². The van der Waals surface area contributed by atoms with Gasteiger partial charge in [0.2, 0.25) is 5.95 Å². The molecule has 3 aromatic carbocycles. The van der Waals surface area contributed by atoms with E-state index in [1.807, 2.05) is 47.2 Å². The molecule has 5 rings (SSSR count). The van der Waals surface area contributed by atoms with E-state index in [0.29, 0.717) is 53.7 Å². The molecule has 9 nitrogen and oxygen atoms in total. The Balaban J connectivity index is 1.40. The number of methoxy groups -OCH3 is 1. The predicted molar refractivity (Wildman–Crippen MR) is 150 cm³/mol. The van der Waals surface area contributed by atoms with Crippen LogP contribution in [0.4, 0.5) is 17.3 Å². The van der Waals surface area contributed by atoms with Crippen LogP contribution in [0.5, 0.6) is 5.75 Å². The van der Waals surface area contributed by atoms with Gasteiger partial charge in [0.25, 0.3) is 11.8 Å². The minimum atomic E-state index is -0.353. The maximum atomic E-state index is 13.6. The average molecular weight is 513 g/mol. The fraction of sp³-hybridized carbons (Fsp3) is 0.276. The number of anilines is 3.